The summed E-state index contributed by atoms with van der Waals surface area (Å²) >= 11 is 0. The van der Waals surface area contributed by atoms with Gasteiger partial charge in [0, 0.05) is 24.8 Å². The second kappa shape index (κ2) is 9.84. The maximum absolute atomic E-state index is 12.3. The van der Waals surface area contributed by atoms with E-state index in [0.29, 0.717) is 19.4 Å². The van der Waals surface area contributed by atoms with Crippen LogP contribution in [0, 0.1) is 0 Å². The Kier molecular flexibility index (Phi) is 7.77. The van der Waals surface area contributed by atoms with Gasteiger partial charge in [0.25, 0.3) is 5.91 Å². The van der Waals surface area contributed by atoms with Crippen molar-refractivity contribution >= 4 is 42.1 Å². The van der Waals surface area contributed by atoms with E-state index in [0.717, 1.165) is 29.1 Å². The minimum atomic E-state index is -0.411. The van der Waals surface area contributed by atoms with Crippen molar-refractivity contribution in [3.63, 3.8) is 0 Å². The van der Waals surface area contributed by atoms with Crippen LogP contribution in [0.5, 0.6) is 0 Å². The number of rotatable bonds is 5. The Hall–Kier alpha value is -2.19. The number of aromatic nitrogens is 3. The molecule has 1 amide bonds. The Bertz CT molecular complexity index is 916. The topological polar surface area (TPSA) is 94.5 Å². The van der Waals surface area contributed by atoms with Gasteiger partial charge < -0.3 is 15.8 Å². The summed E-state index contributed by atoms with van der Waals surface area (Å²) in [6.07, 6.45) is 3.75. The van der Waals surface area contributed by atoms with Crippen LogP contribution in [0.15, 0.2) is 48.7 Å². The largest absolute Gasteiger partial charge is 0.364 e. The molecule has 7 nitrogen and oxygen atoms in total. The molecular weight excluding hydrogens is 401 g/mol. The molecule has 4 rings (SSSR count). The fraction of sp³-hybridized carbons (Fsp3) is 0.316. The van der Waals surface area contributed by atoms with Gasteiger partial charge in [0.2, 0.25) is 0 Å². The number of anilines is 1. The summed E-state index contributed by atoms with van der Waals surface area (Å²) in [5, 5.41) is 11.3. The zero-order chi connectivity index (χ0) is 17.9. The summed E-state index contributed by atoms with van der Waals surface area (Å²) in [6, 6.07) is 13.6. The van der Waals surface area contributed by atoms with Gasteiger partial charge in [-0.1, -0.05) is 18.2 Å². The van der Waals surface area contributed by atoms with Crippen molar-refractivity contribution in [2.45, 2.75) is 31.5 Å². The van der Waals surface area contributed by atoms with Crippen molar-refractivity contribution in [2.24, 2.45) is 5.73 Å². The number of fused-ring (bicyclic) bond motifs is 1. The molecule has 9 heteroatoms. The third-order valence-corrected chi connectivity index (χ3v) is 4.63. The Balaban J connectivity index is 0.00000140. The lowest BCUT2D eigenvalue weighted by Gasteiger charge is -2.13. The van der Waals surface area contributed by atoms with Crippen LogP contribution in [0.4, 0.5) is 5.69 Å². The van der Waals surface area contributed by atoms with Crippen molar-refractivity contribution in [3.8, 4) is 0 Å². The number of pyridine rings is 1. The number of ether oxygens (including phenoxy) is 1. The monoisotopic (exact) mass is 423 g/mol. The molecule has 28 heavy (non-hydrogen) atoms. The first kappa shape index (κ1) is 22.1. The summed E-state index contributed by atoms with van der Waals surface area (Å²) in [7, 11) is 0. The van der Waals surface area contributed by atoms with Gasteiger partial charge in [-0.25, -0.2) is 0 Å². The van der Waals surface area contributed by atoms with Crippen molar-refractivity contribution < 1.29 is 9.53 Å². The number of benzene rings is 1. The minimum absolute atomic E-state index is 0. The number of nitrogens with one attached hydrogen (secondary N) is 1. The molecule has 2 atom stereocenters. The number of carbonyl (C=O) groups excluding carboxylic acids is 1. The zero-order valence-electron chi connectivity index (χ0n) is 15.2. The molecule has 150 valence electrons. The van der Waals surface area contributed by atoms with E-state index in [1.54, 1.807) is 0 Å². The first-order valence-corrected chi connectivity index (χ1v) is 8.77. The van der Waals surface area contributed by atoms with E-state index >= 15 is 0 Å². The molecule has 1 fully saturated rings. The Morgan fingerprint density at radius 1 is 1.14 bits per heavy atom. The van der Waals surface area contributed by atoms with Crippen LogP contribution in [-0.2, 0) is 16.0 Å². The predicted octanol–water partition coefficient (Wildman–Crippen LogP) is 2.61. The highest BCUT2D eigenvalue weighted by atomic mass is 35.5. The normalized spacial score (nSPS) is 18.3. The lowest BCUT2D eigenvalue weighted by molar-refractivity contribution is -0.126. The highest BCUT2D eigenvalue weighted by molar-refractivity contribution is 5.94. The van der Waals surface area contributed by atoms with Gasteiger partial charge in [-0.2, -0.15) is 0 Å². The van der Waals surface area contributed by atoms with Crippen molar-refractivity contribution in [2.75, 3.05) is 11.9 Å². The fourth-order valence-corrected chi connectivity index (χ4v) is 3.19. The lowest BCUT2D eigenvalue weighted by atomic mass is 10.1. The smallest absolute Gasteiger partial charge is 0.253 e. The number of carbonyl (C=O) groups is 1. The van der Waals surface area contributed by atoms with Crippen LogP contribution >= 0.6 is 24.8 Å². The van der Waals surface area contributed by atoms with Gasteiger partial charge in [-0.3, -0.25) is 9.20 Å². The Morgan fingerprint density at radius 2 is 1.93 bits per heavy atom. The maximum atomic E-state index is 12.3. The van der Waals surface area contributed by atoms with Crippen LogP contribution in [0.25, 0.3) is 5.65 Å². The van der Waals surface area contributed by atoms with Gasteiger partial charge in [0.15, 0.2) is 5.65 Å². The molecule has 3 heterocycles. The third-order valence-electron chi connectivity index (χ3n) is 4.63. The summed E-state index contributed by atoms with van der Waals surface area (Å²) in [5.41, 5.74) is 8.27. The van der Waals surface area contributed by atoms with Crippen molar-refractivity contribution in [3.05, 3.63) is 60.0 Å². The molecule has 1 saturated heterocycles. The van der Waals surface area contributed by atoms with E-state index in [-0.39, 0.29) is 36.8 Å². The molecule has 0 saturated carbocycles. The van der Waals surface area contributed by atoms with Gasteiger partial charge in [-0.15, -0.1) is 35.0 Å². The molecule has 2 aromatic heterocycles. The predicted molar refractivity (Wildman–Crippen MR) is 112 cm³/mol. The second-order valence-corrected chi connectivity index (χ2v) is 6.47. The highest BCUT2D eigenvalue weighted by Crippen LogP contribution is 2.21. The SMILES string of the molecule is Cl.Cl.NC[C@H]1CC[C@@H](C(=O)Nc2ccc(Cc3nnc4ccccn34)cc2)O1. The molecule has 3 aromatic rings. The van der Waals surface area contributed by atoms with Gasteiger partial charge in [0.1, 0.15) is 11.9 Å². The van der Waals surface area contributed by atoms with Crippen LogP contribution in [-0.4, -0.2) is 39.3 Å². The molecule has 3 N–H and O–H groups in total. The molecule has 0 radical (unpaired) electrons. The van der Waals surface area contributed by atoms with Gasteiger partial charge in [0.05, 0.1) is 6.10 Å². The number of hydrogen-bond donors (Lipinski definition) is 2. The first-order valence-electron chi connectivity index (χ1n) is 8.77. The van der Waals surface area contributed by atoms with Crippen LogP contribution in [0.2, 0.25) is 0 Å². The van der Waals surface area contributed by atoms with E-state index in [9.17, 15) is 4.79 Å². The van der Waals surface area contributed by atoms with Crippen LogP contribution in [0.1, 0.15) is 24.2 Å². The molecule has 0 aliphatic carbocycles. The minimum Gasteiger partial charge on any atom is -0.364 e. The highest BCUT2D eigenvalue weighted by Gasteiger charge is 2.29. The van der Waals surface area contributed by atoms with E-state index in [4.69, 9.17) is 10.5 Å². The maximum Gasteiger partial charge on any atom is 0.253 e. The molecule has 0 spiro atoms. The quantitative estimate of drug-likeness (QED) is 0.657. The fourth-order valence-electron chi connectivity index (χ4n) is 3.19. The van der Waals surface area contributed by atoms with E-state index < -0.39 is 6.10 Å². The molecule has 1 aromatic carbocycles. The van der Waals surface area contributed by atoms with Crippen molar-refractivity contribution in [1.82, 2.24) is 14.6 Å². The summed E-state index contributed by atoms with van der Waals surface area (Å²) in [5.74, 6) is 0.765. The first-order chi connectivity index (χ1) is 12.7. The van der Waals surface area contributed by atoms with Gasteiger partial charge >= 0.3 is 0 Å². The average Bonchev–Trinajstić information content (AvgIpc) is 3.31. The van der Waals surface area contributed by atoms with E-state index in [2.05, 4.69) is 15.5 Å². The Morgan fingerprint density at radius 3 is 2.64 bits per heavy atom. The molecular formula is C19H23Cl2N5O2. The lowest BCUT2D eigenvalue weighted by Crippen LogP contribution is -2.29. The molecule has 0 unspecified atom stereocenters. The molecule has 1 aliphatic rings. The zero-order valence-corrected chi connectivity index (χ0v) is 16.8. The Labute approximate surface area is 175 Å². The van der Waals surface area contributed by atoms with Crippen LogP contribution < -0.4 is 11.1 Å². The third kappa shape index (κ3) is 4.80. The number of nitrogens with two attached hydrogens (primary N) is 1. The standard InChI is InChI=1S/C19H21N5O2.2ClH/c20-12-15-8-9-16(26-15)19(25)21-14-6-4-13(5-7-14)11-18-23-22-17-3-1-2-10-24(17)18;;/h1-7,10,15-16H,8-9,11-12,20H2,(H,21,25);2*1H/t15-,16+;;/m1../s1. The number of nitrogens with zero attached hydrogens (tertiary/aromatic N) is 3. The molecule has 0 bridgehead atoms. The summed E-state index contributed by atoms with van der Waals surface area (Å²) in [6.45, 7) is 0.454. The summed E-state index contributed by atoms with van der Waals surface area (Å²) < 4.78 is 7.60. The van der Waals surface area contributed by atoms with Crippen LogP contribution in [0.3, 0.4) is 0 Å². The van der Waals surface area contributed by atoms with Gasteiger partial charge in [-0.05, 0) is 42.7 Å². The molecule has 1 aliphatic heterocycles. The van der Waals surface area contributed by atoms with E-state index in [1.807, 2.05) is 53.1 Å². The summed E-state index contributed by atoms with van der Waals surface area (Å²) in [4.78, 5) is 12.3. The number of amides is 1. The van der Waals surface area contributed by atoms with E-state index in [1.165, 1.54) is 0 Å². The number of halogens is 2. The number of hydrogen-bond acceptors (Lipinski definition) is 5. The van der Waals surface area contributed by atoms with Crippen molar-refractivity contribution in [1.29, 1.82) is 0 Å². The average molecular weight is 424 g/mol. The second-order valence-electron chi connectivity index (χ2n) is 6.47.